The highest BCUT2D eigenvalue weighted by atomic mass is 32.1. The van der Waals surface area contributed by atoms with Gasteiger partial charge in [0.2, 0.25) is 0 Å². The second-order valence-electron chi connectivity index (χ2n) is 4.26. The molecule has 0 saturated heterocycles. The molecule has 0 fully saturated rings. The molecule has 0 unspecified atom stereocenters. The molecule has 0 atom stereocenters. The van der Waals surface area contributed by atoms with Crippen LogP contribution in [0.1, 0.15) is 11.1 Å². The molecule has 0 spiro atoms. The average Bonchev–Trinajstić information content (AvgIpc) is 2.81. The molecule has 1 aromatic carbocycles. The van der Waals surface area contributed by atoms with E-state index in [-0.39, 0.29) is 6.61 Å². The maximum atomic E-state index is 9.45. The summed E-state index contributed by atoms with van der Waals surface area (Å²) in [6, 6.07) is 8.21. The minimum atomic E-state index is 0.0640. The van der Waals surface area contributed by atoms with Gasteiger partial charge in [0, 0.05) is 12.7 Å². The molecule has 0 saturated carbocycles. The van der Waals surface area contributed by atoms with Crippen molar-refractivity contribution in [3.8, 4) is 10.4 Å². The van der Waals surface area contributed by atoms with Crippen molar-refractivity contribution < 1.29 is 5.11 Å². The Morgan fingerprint density at radius 1 is 1.29 bits per heavy atom. The van der Waals surface area contributed by atoms with Crippen LogP contribution in [0.25, 0.3) is 10.4 Å². The molecule has 1 aromatic heterocycles. The zero-order valence-electron chi connectivity index (χ0n) is 10.1. The Morgan fingerprint density at radius 2 is 2.12 bits per heavy atom. The van der Waals surface area contributed by atoms with Crippen molar-refractivity contribution in [2.24, 2.45) is 0 Å². The number of hydrogen-bond donors (Lipinski definition) is 1. The summed E-state index contributed by atoms with van der Waals surface area (Å²) in [5.41, 5.74) is 3.26. The maximum Gasteiger partial charge on any atom is 0.0688 e. The fourth-order valence-corrected chi connectivity index (χ4v) is 2.49. The van der Waals surface area contributed by atoms with Crippen molar-refractivity contribution in [1.82, 2.24) is 9.27 Å². The highest BCUT2D eigenvalue weighted by Crippen LogP contribution is 2.27. The lowest BCUT2D eigenvalue weighted by molar-refractivity contribution is 0.282. The highest BCUT2D eigenvalue weighted by molar-refractivity contribution is 7.09. The van der Waals surface area contributed by atoms with Gasteiger partial charge in [0.1, 0.15) is 0 Å². The fourth-order valence-electron chi connectivity index (χ4n) is 1.84. The summed E-state index contributed by atoms with van der Waals surface area (Å²) in [4.78, 5) is 3.22. The predicted octanol–water partition coefficient (Wildman–Crippen LogP) is 2.36. The first-order chi connectivity index (χ1) is 8.20. The normalized spacial score (nSPS) is 11.1. The number of hydrogen-bond acceptors (Lipinski definition) is 4. The number of aliphatic hydroxyl groups is 1. The number of rotatable bonds is 4. The van der Waals surface area contributed by atoms with Crippen LogP contribution in [0.2, 0.25) is 0 Å². The zero-order chi connectivity index (χ0) is 12.3. The van der Waals surface area contributed by atoms with Gasteiger partial charge in [-0.2, -0.15) is 0 Å². The lowest BCUT2D eigenvalue weighted by Gasteiger charge is -2.12. The molecule has 1 heterocycles. The van der Waals surface area contributed by atoms with E-state index in [4.69, 9.17) is 0 Å². The van der Waals surface area contributed by atoms with Crippen molar-refractivity contribution in [3.63, 3.8) is 0 Å². The van der Waals surface area contributed by atoms with Crippen LogP contribution in [-0.2, 0) is 13.2 Å². The van der Waals surface area contributed by atoms with E-state index in [0.29, 0.717) is 0 Å². The molecule has 0 aliphatic heterocycles. The van der Waals surface area contributed by atoms with Crippen LogP contribution in [0, 0.1) is 0 Å². The summed E-state index contributed by atoms with van der Waals surface area (Å²) in [7, 11) is 4.07. The second kappa shape index (κ2) is 5.40. The van der Waals surface area contributed by atoms with E-state index in [0.717, 1.165) is 22.5 Å². The highest BCUT2D eigenvalue weighted by Gasteiger charge is 2.07. The molecule has 3 nitrogen and oxygen atoms in total. The number of aromatic nitrogens is 1. The number of benzene rings is 1. The Morgan fingerprint density at radius 3 is 2.71 bits per heavy atom. The van der Waals surface area contributed by atoms with Gasteiger partial charge in [0.05, 0.1) is 11.5 Å². The first-order valence-corrected chi connectivity index (χ1v) is 6.26. The van der Waals surface area contributed by atoms with Crippen LogP contribution in [0.3, 0.4) is 0 Å². The van der Waals surface area contributed by atoms with Crippen LogP contribution in [-0.4, -0.2) is 28.5 Å². The van der Waals surface area contributed by atoms with E-state index in [1.807, 2.05) is 20.2 Å². The van der Waals surface area contributed by atoms with Gasteiger partial charge in [-0.15, -0.1) is 0 Å². The van der Waals surface area contributed by atoms with E-state index in [2.05, 4.69) is 27.5 Å². The van der Waals surface area contributed by atoms with Crippen LogP contribution in [0.15, 0.2) is 30.5 Å². The molecule has 4 heteroatoms. The minimum absolute atomic E-state index is 0.0640. The Kier molecular flexibility index (Phi) is 3.89. The van der Waals surface area contributed by atoms with Gasteiger partial charge in [-0.1, -0.05) is 18.2 Å². The lowest BCUT2D eigenvalue weighted by atomic mass is 10.0. The predicted molar refractivity (Wildman–Crippen MR) is 70.9 cm³/mol. The average molecular weight is 248 g/mol. The SMILES string of the molecule is CN(C)Cc1ccc(-c2ccns2)c(CO)c1. The van der Waals surface area contributed by atoms with Gasteiger partial charge < -0.3 is 10.0 Å². The molecule has 0 aliphatic rings. The second-order valence-corrected chi connectivity index (χ2v) is 5.10. The molecule has 2 rings (SSSR count). The molecule has 1 N–H and O–H groups in total. The third kappa shape index (κ3) is 2.91. The Labute approximate surface area is 106 Å². The van der Waals surface area contributed by atoms with Crippen LogP contribution in [0.5, 0.6) is 0 Å². The van der Waals surface area contributed by atoms with Crippen LogP contribution < -0.4 is 0 Å². The summed E-state index contributed by atoms with van der Waals surface area (Å²) in [5, 5.41) is 9.45. The van der Waals surface area contributed by atoms with E-state index >= 15 is 0 Å². The minimum Gasteiger partial charge on any atom is -0.392 e. The maximum absolute atomic E-state index is 9.45. The van der Waals surface area contributed by atoms with Crippen LogP contribution in [0.4, 0.5) is 0 Å². The smallest absolute Gasteiger partial charge is 0.0688 e. The van der Waals surface area contributed by atoms with Gasteiger partial charge in [0.25, 0.3) is 0 Å². The lowest BCUT2D eigenvalue weighted by Crippen LogP contribution is -2.10. The Bertz CT molecular complexity index is 480. The summed E-state index contributed by atoms with van der Waals surface area (Å²) in [6.45, 7) is 0.949. The summed E-state index contributed by atoms with van der Waals surface area (Å²) in [5.74, 6) is 0. The van der Waals surface area contributed by atoms with E-state index in [1.54, 1.807) is 6.20 Å². The first-order valence-electron chi connectivity index (χ1n) is 5.49. The molecule has 2 aromatic rings. The molecule has 0 aliphatic carbocycles. The molecule has 0 amide bonds. The number of aliphatic hydroxyl groups excluding tert-OH is 1. The van der Waals surface area contributed by atoms with Crippen molar-refractivity contribution in [2.75, 3.05) is 14.1 Å². The third-order valence-corrected chi connectivity index (χ3v) is 3.32. The standard InChI is InChI=1S/C13H16N2OS/c1-15(2)8-10-3-4-12(11(7-10)9-16)13-5-6-14-17-13/h3-7,16H,8-9H2,1-2H3. The summed E-state index contributed by atoms with van der Waals surface area (Å²) < 4.78 is 4.10. The van der Waals surface area contributed by atoms with Gasteiger partial charge >= 0.3 is 0 Å². The van der Waals surface area contributed by atoms with Crippen molar-refractivity contribution in [3.05, 3.63) is 41.6 Å². The number of nitrogens with zero attached hydrogens (tertiary/aromatic N) is 2. The van der Waals surface area contributed by atoms with Crippen LogP contribution >= 0.6 is 11.5 Å². The monoisotopic (exact) mass is 248 g/mol. The molecule has 0 radical (unpaired) electrons. The van der Waals surface area contributed by atoms with Gasteiger partial charge in [0.15, 0.2) is 0 Å². The first kappa shape index (κ1) is 12.2. The van der Waals surface area contributed by atoms with E-state index < -0.39 is 0 Å². The summed E-state index contributed by atoms with van der Waals surface area (Å²) in [6.07, 6.45) is 1.79. The third-order valence-electron chi connectivity index (χ3n) is 2.54. The Balaban J connectivity index is 2.35. The molecular formula is C13H16N2OS. The Hall–Kier alpha value is -1.23. The topological polar surface area (TPSA) is 36.4 Å². The molecular weight excluding hydrogens is 232 g/mol. The molecule has 0 bridgehead atoms. The fraction of sp³-hybridized carbons (Fsp3) is 0.308. The molecule has 90 valence electrons. The zero-order valence-corrected chi connectivity index (χ0v) is 10.9. The van der Waals surface area contributed by atoms with Crippen molar-refractivity contribution in [1.29, 1.82) is 0 Å². The largest absolute Gasteiger partial charge is 0.392 e. The van der Waals surface area contributed by atoms with E-state index in [1.165, 1.54) is 17.1 Å². The summed E-state index contributed by atoms with van der Waals surface area (Å²) >= 11 is 1.45. The van der Waals surface area contributed by atoms with Crippen molar-refractivity contribution >= 4 is 11.5 Å². The molecule has 17 heavy (non-hydrogen) atoms. The van der Waals surface area contributed by atoms with Crippen molar-refractivity contribution in [2.45, 2.75) is 13.2 Å². The quantitative estimate of drug-likeness (QED) is 0.902. The van der Waals surface area contributed by atoms with E-state index in [9.17, 15) is 5.11 Å². The van der Waals surface area contributed by atoms with Gasteiger partial charge in [-0.25, -0.2) is 4.37 Å². The van der Waals surface area contributed by atoms with Gasteiger partial charge in [-0.3, -0.25) is 0 Å². The van der Waals surface area contributed by atoms with Gasteiger partial charge in [-0.05, 0) is 48.4 Å².